The smallest absolute Gasteiger partial charge is 0.336 e. The molecule has 3 heterocycles. The number of hydrogen-bond donors (Lipinski definition) is 0. The topological polar surface area (TPSA) is 87.3 Å². The van der Waals surface area contributed by atoms with Crippen LogP contribution in [0.25, 0.3) is 22.2 Å². The summed E-state index contributed by atoms with van der Waals surface area (Å²) in [5.41, 5.74) is 2.24. The first-order valence-electron chi connectivity index (χ1n) is 9.78. The second-order valence-electron chi connectivity index (χ2n) is 7.13. The number of benzene rings is 1. The van der Waals surface area contributed by atoms with E-state index in [-0.39, 0.29) is 6.10 Å². The normalized spacial score (nSPS) is 11.1. The van der Waals surface area contributed by atoms with Crippen LogP contribution in [0.3, 0.4) is 0 Å². The minimum Gasteiger partial charge on any atom is -0.491 e. The number of aromatic nitrogens is 3. The van der Waals surface area contributed by atoms with Gasteiger partial charge in [0, 0.05) is 41.8 Å². The van der Waals surface area contributed by atoms with E-state index in [9.17, 15) is 9.18 Å². The largest absolute Gasteiger partial charge is 0.491 e. The second-order valence-corrected chi connectivity index (χ2v) is 7.13. The third-order valence-corrected chi connectivity index (χ3v) is 4.45. The van der Waals surface area contributed by atoms with Gasteiger partial charge in [-0.3, -0.25) is 0 Å². The number of pyridine rings is 1. The van der Waals surface area contributed by atoms with Crippen molar-refractivity contribution in [2.24, 2.45) is 0 Å². The molecule has 4 aromatic rings. The lowest BCUT2D eigenvalue weighted by Crippen LogP contribution is -2.10. The van der Waals surface area contributed by atoms with E-state index in [2.05, 4.69) is 15.0 Å². The first-order valence-corrected chi connectivity index (χ1v) is 9.78. The fourth-order valence-corrected chi connectivity index (χ4v) is 3.07. The zero-order valence-corrected chi connectivity index (χ0v) is 17.0. The third kappa shape index (κ3) is 5.03. The van der Waals surface area contributed by atoms with Crippen LogP contribution in [0.4, 0.5) is 4.39 Å². The third-order valence-electron chi connectivity index (χ3n) is 4.45. The van der Waals surface area contributed by atoms with Crippen molar-refractivity contribution in [1.82, 2.24) is 15.0 Å². The maximum Gasteiger partial charge on any atom is 0.336 e. The van der Waals surface area contributed by atoms with Crippen molar-refractivity contribution >= 4 is 11.0 Å². The van der Waals surface area contributed by atoms with Gasteiger partial charge in [0.05, 0.1) is 18.4 Å². The van der Waals surface area contributed by atoms with Crippen LogP contribution in [0.15, 0.2) is 64.2 Å². The summed E-state index contributed by atoms with van der Waals surface area (Å²) >= 11 is 0. The Labute approximate surface area is 177 Å². The maximum atomic E-state index is 13.0. The van der Waals surface area contributed by atoms with E-state index in [1.54, 1.807) is 24.3 Å². The highest BCUT2D eigenvalue weighted by molar-refractivity contribution is 5.79. The van der Waals surface area contributed by atoms with Crippen LogP contribution in [-0.2, 0) is 6.42 Å². The van der Waals surface area contributed by atoms with Gasteiger partial charge in [-0.2, -0.15) is 4.39 Å². The summed E-state index contributed by atoms with van der Waals surface area (Å²) in [6, 6.07) is 11.3. The van der Waals surface area contributed by atoms with E-state index >= 15 is 0 Å². The molecule has 0 fully saturated rings. The average Bonchev–Trinajstić information content (AvgIpc) is 2.74. The first-order chi connectivity index (χ1) is 15.0. The minimum absolute atomic E-state index is 0.0405. The highest BCUT2D eigenvalue weighted by Crippen LogP contribution is 2.27. The van der Waals surface area contributed by atoms with Crippen LogP contribution in [0.5, 0.6) is 11.6 Å². The van der Waals surface area contributed by atoms with Crippen LogP contribution in [0, 0.1) is 5.95 Å². The highest BCUT2D eigenvalue weighted by Gasteiger charge is 2.11. The molecule has 0 saturated carbocycles. The fraction of sp³-hybridized carbons (Fsp3) is 0.217. The molecule has 0 amide bonds. The lowest BCUT2D eigenvalue weighted by molar-refractivity contribution is 0.237. The number of ether oxygens (including phenoxy) is 2. The van der Waals surface area contributed by atoms with Gasteiger partial charge in [0.1, 0.15) is 17.7 Å². The lowest BCUT2D eigenvalue weighted by Gasteiger charge is -2.15. The molecule has 0 unspecified atom stereocenters. The molecule has 0 spiro atoms. The zero-order valence-electron chi connectivity index (χ0n) is 17.0. The SMILES string of the molecule is CC(C)Oc1cc2oc(=O)ccc2cc1CCOc1cc(-c2ccc(F)nc2)ncn1. The lowest BCUT2D eigenvalue weighted by atomic mass is 10.1. The van der Waals surface area contributed by atoms with Gasteiger partial charge in [-0.05, 0) is 43.7 Å². The molecule has 8 heteroatoms. The van der Waals surface area contributed by atoms with E-state index in [4.69, 9.17) is 13.9 Å². The zero-order chi connectivity index (χ0) is 21.8. The number of halogens is 1. The molecule has 1 aromatic carbocycles. The number of hydrogen-bond acceptors (Lipinski definition) is 7. The number of fused-ring (bicyclic) bond motifs is 1. The predicted molar refractivity (Wildman–Crippen MR) is 113 cm³/mol. The Kier molecular flexibility index (Phi) is 5.88. The summed E-state index contributed by atoms with van der Waals surface area (Å²) in [5, 5.41) is 0.804. The molecule has 0 aliphatic rings. The van der Waals surface area contributed by atoms with Crippen molar-refractivity contribution in [2.75, 3.05) is 6.61 Å². The van der Waals surface area contributed by atoms with Gasteiger partial charge in [0.25, 0.3) is 0 Å². The molecular weight excluding hydrogens is 401 g/mol. The molecule has 0 saturated heterocycles. The second kappa shape index (κ2) is 8.91. The van der Waals surface area contributed by atoms with Crippen molar-refractivity contribution in [3.05, 3.63) is 76.9 Å². The Morgan fingerprint density at radius 2 is 1.94 bits per heavy atom. The Morgan fingerprint density at radius 3 is 2.71 bits per heavy atom. The van der Waals surface area contributed by atoms with Gasteiger partial charge in [0.2, 0.25) is 11.8 Å². The molecule has 0 bridgehead atoms. The van der Waals surface area contributed by atoms with E-state index in [0.29, 0.717) is 41.5 Å². The van der Waals surface area contributed by atoms with Crippen molar-refractivity contribution in [2.45, 2.75) is 26.4 Å². The van der Waals surface area contributed by atoms with Crippen LogP contribution in [0.2, 0.25) is 0 Å². The van der Waals surface area contributed by atoms with E-state index < -0.39 is 11.6 Å². The van der Waals surface area contributed by atoms with Gasteiger partial charge in [-0.15, -0.1) is 0 Å². The summed E-state index contributed by atoms with van der Waals surface area (Å²) in [6.07, 6.45) is 3.31. The van der Waals surface area contributed by atoms with Crippen LogP contribution >= 0.6 is 0 Å². The summed E-state index contributed by atoms with van der Waals surface area (Å²) in [5.74, 6) is 0.483. The molecule has 0 radical (unpaired) electrons. The van der Waals surface area contributed by atoms with Crippen molar-refractivity contribution in [3.8, 4) is 22.9 Å². The quantitative estimate of drug-likeness (QED) is 0.327. The van der Waals surface area contributed by atoms with E-state index in [0.717, 1.165) is 10.9 Å². The van der Waals surface area contributed by atoms with Gasteiger partial charge < -0.3 is 13.9 Å². The van der Waals surface area contributed by atoms with Crippen molar-refractivity contribution < 1.29 is 18.3 Å². The molecule has 3 aromatic heterocycles. The Hall–Kier alpha value is -3.81. The van der Waals surface area contributed by atoms with Crippen molar-refractivity contribution in [3.63, 3.8) is 0 Å². The summed E-state index contributed by atoms with van der Waals surface area (Å²) in [6.45, 7) is 4.20. The first kappa shape index (κ1) is 20.5. The van der Waals surface area contributed by atoms with Crippen LogP contribution in [0.1, 0.15) is 19.4 Å². The summed E-state index contributed by atoms with van der Waals surface area (Å²) in [7, 11) is 0. The predicted octanol–water partition coefficient (Wildman–Crippen LogP) is 4.19. The molecule has 31 heavy (non-hydrogen) atoms. The molecule has 0 N–H and O–H groups in total. The molecule has 4 rings (SSSR count). The molecular formula is C23H20FN3O4. The molecule has 0 aliphatic carbocycles. The van der Waals surface area contributed by atoms with Gasteiger partial charge in [-0.25, -0.2) is 19.7 Å². The Balaban J connectivity index is 1.51. The van der Waals surface area contributed by atoms with Gasteiger partial charge in [-0.1, -0.05) is 0 Å². The maximum absolute atomic E-state index is 13.0. The minimum atomic E-state index is -0.552. The monoisotopic (exact) mass is 421 g/mol. The fourth-order valence-electron chi connectivity index (χ4n) is 3.07. The Bertz CT molecular complexity index is 1260. The van der Waals surface area contributed by atoms with Gasteiger partial charge in [0.15, 0.2) is 0 Å². The summed E-state index contributed by atoms with van der Waals surface area (Å²) in [4.78, 5) is 23.5. The summed E-state index contributed by atoms with van der Waals surface area (Å²) < 4.78 is 30.0. The number of nitrogens with zero attached hydrogens (tertiary/aromatic N) is 3. The molecule has 7 nitrogen and oxygen atoms in total. The molecule has 0 atom stereocenters. The highest BCUT2D eigenvalue weighted by atomic mass is 19.1. The standard InChI is InChI=1S/C23H20FN3O4/c1-14(2)30-19-11-20-15(4-6-23(28)31-20)9-16(19)7-8-29-22-10-18(26-13-27-22)17-3-5-21(24)25-12-17/h3-6,9-14H,7-8H2,1-2H3. The Morgan fingerprint density at radius 1 is 1.06 bits per heavy atom. The molecule has 0 aliphatic heterocycles. The average molecular weight is 421 g/mol. The van der Waals surface area contributed by atoms with Crippen molar-refractivity contribution in [1.29, 1.82) is 0 Å². The van der Waals surface area contributed by atoms with Crippen LogP contribution in [-0.4, -0.2) is 27.7 Å². The van der Waals surface area contributed by atoms with Gasteiger partial charge >= 0.3 is 5.63 Å². The van der Waals surface area contributed by atoms with E-state index in [1.165, 1.54) is 24.7 Å². The van der Waals surface area contributed by atoms with Crippen LogP contribution < -0.4 is 15.1 Å². The number of rotatable bonds is 7. The van der Waals surface area contributed by atoms with E-state index in [1.807, 2.05) is 19.9 Å². The molecule has 158 valence electrons.